The summed E-state index contributed by atoms with van der Waals surface area (Å²) < 4.78 is 22.4. The third kappa shape index (κ3) is 5.78. The van der Waals surface area contributed by atoms with Gasteiger partial charge < -0.3 is 10.6 Å². The van der Waals surface area contributed by atoms with Gasteiger partial charge >= 0.3 is 0 Å². The van der Waals surface area contributed by atoms with Crippen molar-refractivity contribution < 1.29 is 8.42 Å². The van der Waals surface area contributed by atoms with Gasteiger partial charge in [-0.25, -0.2) is 23.5 Å². The molecule has 7 nitrogen and oxygen atoms in total. The fraction of sp³-hybridized carbons (Fsp3) is 0.375. The van der Waals surface area contributed by atoms with Gasteiger partial charge in [0.1, 0.15) is 18.0 Å². The van der Waals surface area contributed by atoms with E-state index in [1.54, 1.807) is 12.1 Å². The summed E-state index contributed by atoms with van der Waals surface area (Å²) in [6, 6.07) is 8.44. The van der Waals surface area contributed by atoms with E-state index in [4.69, 9.17) is 5.14 Å². The number of nitrogens with one attached hydrogen (secondary N) is 2. The Bertz CT molecular complexity index is 747. The smallest absolute Gasteiger partial charge is 0.238 e. The molecule has 0 bridgehead atoms. The lowest BCUT2D eigenvalue weighted by Crippen LogP contribution is -2.12. The van der Waals surface area contributed by atoms with Gasteiger partial charge in [-0.15, -0.1) is 0 Å². The first-order valence-corrected chi connectivity index (χ1v) is 9.45. The van der Waals surface area contributed by atoms with E-state index in [1.165, 1.54) is 18.5 Å². The van der Waals surface area contributed by atoms with Crippen molar-refractivity contribution in [3.8, 4) is 0 Å². The number of sulfonamides is 1. The molecule has 1 heterocycles. The van der Waals surface area contributed by atoms with Gasteiger partial charge in [0.25, 0.3) is 0 Å². The first-order valence-electron chi connectivity index (χ1n) is 7.90. The number of unbranched alkanes of at least 4 members (excludes halogenated alkanes) is 1. The maximum absolute atomic E-state index is 11.2. The van der Waals surface area contributed by atoms with Gasteiger partial charge in [0.15, 0.2) is 0 Å². The van der Waals surface area contributed by atoms with Gasteiger partial charge in [-0.3, -0.25) is 0 Å². The third-order valence-electron chi connectivity index (χ3n) is 3.48. The molecule has 2 aromatic rings. The Balaban J connectivity index is 1.84. The number of hydrogen-bond acceptors (Lipinski definition) is 6. The fourth-order valence-electron chi connectivity index (χ4n) is 2.12. The van der Waals surface area contributed by atoms with Gasteiger partial charge in [-0.1, -0.05) is 25.5 Å². The van der Waals surface area contributed by atoms with Crippen LogP contribution in [-0.4, -0.2) is 31.5 Å². The topological polar surface area (TPSA) is 110 Å². The third-order valence-corrected chi connectivity index (χ3v) is 4.40. The molecule has 2 rings (SSSR count). The molecule has 0 aliphatic carbocycles. The highest BCUT2D eigenvalue weighted by atomic mass is 32.2. The van der Waals surface area contributed by atoms with Crippen molar-refractivity contribution in [2.45, 2.75) is 31.1 Å². The zero-order valence-corrected chi connectivity index (χ0v) is 14.5. The molecule has 0 atom stereocenters. The molecule has 0 radical (unpaired) electrons. The highest BCUT2D eigenvalue weighted by molar-refractivity contribution is 7.89. The van der Waals surface area contributed by atoms with E-state index < -0.39 is 10.0 Å². The average Bonchev–Trinajstić information content (AvgIpc) is 2.55. The summed E-state index contributed by atoms with van der Waals surface area (Å²) in [6.07, 6.45) is 4.50. The van der Waals surface area contributed by atoms with Gasteiger partial charge in [0.2, 0.25) is 10.0 Å². The summed E-state index contributed by atoms with van der Waals surface area (Å²) in [4.78, 5) is 8.49. The van der Waals surface area contributed by atoms with E-state index in [0.29, 0.717) is 6.54 Å². The lowest BCUT2D eigenvalue weighted by molar-refractivity contribution is 0.598. The quantitative estimate of drug-likeness (QED) is 0.597. The standard InChI is InChI=1S/C16H23N5O2S/c1-2-3-9-18-15-11-16(21-12-20-15)19-10-8-13-4-6-14(7-5-13)24(17,22)23/h4-7,11-12H,2-3,8-10H2,1H3,(H2,17,22,23)(H2,18,19,20,21). The Morgan fingerprint density at radius 2 is 1.67 bits per heavy atom. The minimum absolute atomic E-state index is 0.123. The second-order valence-electron chi connectivity index (χ2n) is 5.43. The number of primary sulfonamides is 1. The molecule has 130 valence electrons. The minimum Gasteiger partial charge on any atom is -0.370 e. The van der Waals surface area contributed by atoms with Crippen molar-refractivity contribution >= 4 is 21.7 Å². The average molecular weight is 349 g/mol. The van der Waals surface area contributed by atoms with Crippen molar-refractivity contribution in [2.75, 3.05) is 23.7 Å². The first kappa shape index (κ1) is 18.2. The van der Waals surface area contributed by atoms with Crippen molar-refractivity contribution in [1.29, 1.82) is 0 Å². The first-order chi connectivity index (χ1) is 11.5. The van der Waals surface area contributed by atoms with E-state index in [-0.39, 0.29) is 4.90 Å². The minimum atomic E-state index is -3.64. The van der Waals surface area contributed by atoms with Crippen molar-refractivity contribution in [2.24, 2.45) is 5.14 Å². The number of hydrogen-bond donors (Lipinski definition) is 3. The highest BCUT2D eigenvalue weighted by Gasteiger charge is 2.06. The summed E-state index contributed by atoms with van der Waals surface area (Å²) in [5, 5.41) is 11.6. The van der Waals surface area contributed by atoms with Crippen molar-refractivity contribution in [3.63, 3.8) is 0 Å². The van der Waals surface area contributed by atoms with Crippen molar-refractivity contribution in [1.82, 2.24) is 9.97 Å². The highest BCUT2D eigenvalue weighted by Crippen LogP contribution is 2.11. The van der Waals surface area contributed by atoms with Crippen LogP contribution < -0.4 is 15.8 Å². The van der Waals surface area contributed by atoms with Gasteiger partial charge in [-0.2, -0.15) is 0 Å². The molecule has 8 heteroatoms. The van der Waals surface area contributed by atoms with E-state index in [1.807, 2.05) is 6.07 Å². The predicted molar refractivity (Wildman–Crippen MR) is 95.4 cm³/mol. The molecule has 0 aliphatic rings. The SMILES string of the molecule is CCCCNc1cc(NCCc2ccc(S(N)(=O)=O)cc2)ncn1. The number of rotatable bonds is 9. The van der Waals surface area contributed by atoms with E-state index >= 15 is 0 Å². The summed E-state index contributed by atoms with van der Waals surface area (Å²) in [5.41, 5.74) is 1.02. The van der Waals surface area contributed by atoms with Crippen LogP contribution in [0.4, 0.5) is 11.6 Å². The van der Waals surface area contributed by atoms with Crippen LogP contribution in [0.1, 0.15) is 25.3 Å². The molecule has 0 aliphatic heterocycles. The number of nitrogens with zero attached hydrogens (tertiary/aromatic N) is 2. The molecule has 0 saturated heterocycles. The largest absolute Gasteiger partial charge is 0.370 e. The molecular weight excluding hydrogens is 326 g/mol. The van der Waals surface area contributed by atoms with Crippen LogP contribution in [0.25, 0.3) is 0 Å². The Morgan fingerprint density at radius 1 is 1.04 bits per heavy atom. The number of anilines is 2. The Kier molecular flexibility index (Phi) is 6.51. The van der Waals surface area contributed by atoms with E-state index in [0.717, 1.165) is 43.0 Å². The fourth-order valence-corrected chi connectivity index (χ4v) is 2.64. The summed E-state index contributed by atoms with van der Waals surface area (Å²) >= 11 is 0. The van der Waals surface area contributed by atoms with E-state index in [9.17, 15) is 8.42 Å². The second kappa shape index (κ2) is 8.60. The van der Waals surface area contributed by atoms with Crippen LogP contribution >= 0.6 is 0 Å². The van der Waals surface area contributed by atoms with Gasteiger partial charge in [-0.05, 0) is 30.5 Å². The van der Waals surface area contributed by atoms with Crippen LogP contribution in [0.3, 0.4) is 0 Å². The Hall–Kier alpha value is -2.19. The van der Waals surface area contributed by atoms with Crippen LogP contribution in [0, 0.1) is 0 Å². The molecule has 4 N–H and O–H groups in total. The molecule has 0 spiro atoms. The summed E-state index contributed by atoms with van der Waals surface area (Å²) in [6.45, 7) is 3.72. The molecule has 1 aromatic heterocycles. The zero-order valence-electron chi connectivity index (χ0n) is 13.7. The maximum atomic E-state index is 11.2. The molecule has 0 fully saturated rings. The number of aromatic nitrogens is 2. The van der Waals surface area contributed by atoms with Crippen LogP contribution in [0.15, 0.2) is 41.6 Å². The predicted octanol–water partition coefficient (Wildman–Crippen LogP) is 1.99. The molecule has 0 amide bonds. The summed E-state index contributed by atoms with van der Waals surface area (Å²) in [7, 11) is -3.64. The van der Waals surface area contributed by atoms with Gasteiger partial charge in [0.05, 0.1) is 4.90 Å². The van der Waals surface area contributed by atoms with Crippen LogP contribution in [0.5, 0.6) is 0 Å². The lowest BCUT2D eigenvalue weighted by Gasteiger charge is -2.08. The molecule has 1 aromatic carbocycles. The molecule has 24 heavy (non-hydrogen) atoms. The number of benzene rings is 1. The van der Waals surface area contributed by atoms with Crippen LogP contribution in [-0.2, 0) is 16.4 Å². The normalized spacial score (nSPS) is 11.2. The number of nitrogens with two attached hydrogens (primary N) is 1. The monoisotopic (exact) mass is 349 g/mol. The lowest BCUT2D eigenvalue weighted by atomic mass is 10.1. The zero-order chi connectivity index (χ0) is 17.4. The summed E-state index contributed by atoms with van der Waals surface area (Å²) in [5.74, 6) is 1.56. The molecular formula is C16H23N5O2S. The second-order valence-corrected chi connectivity index (χ2v) is 7.00. The molecule has 0 unspecified atom stereocenters. The maximum Gasteiger partial charge on any atom is 0.238 e. The van der Waals surface area contributed by atoms with Crippen LogP contribution in [0.2, 0.25) is 0 Å². The van der Waals surface area contributed by atoms with Gasteiger partial charge in [0, 0.05) is 19.2 Å². The molecule has 0 saturated carbocycles. The van der Waals surface area contributed by atoms with E-state index in [2.05, 4.69) is 27.5 Å². The van der Waals surface area contributed by atoms with Crippen molar-refractivity contribution in [3.05, 3.63) is 42.2 Å². The Labute approximate surface area is 142 Å². The Morgan fingerprint density at radius 3 is 2.25 bits per heavy atom.